The molecule has 0 fully saturated rings. The van der Waals surface area contributed by atoms with E-state index in [-0.39, 0.29) is 28.7 Å². The summed E-state index contributed by atoms with van der Waals surface area (Å²) in [4.78, 5) is 29.9. The highest BCUT2D eigenvalue weighted by Gasteiger charge is 2.23. The molecule has 3 aromatic rings. The van der Waals surface area contributed by atoms with Crippen molar-refractivity contribution in [2.24, 2.45) is 0 Å². The lowest BCUT2D eigenvalue weighted by Gasteiger charge is -2.22. The first-order valence-corrected chi connectivity index (χ1v) is 9.49. The van der Waals surface area contributed by atoms with Gasteiger partial charge in [0.1, 0.15) is 0 Å². The molecule has 28 heavy (non-hydrogen) atoms. The van der Waals surface area contributed by atoms with Crippen molar-refractivity contribution < 1.29 is 9.59 Å². The van der Waals surface area contributed by atoms with Crippen LogP contribution < -0.4 is 10.6 Å². The number of carbonyl (C=O) groups is 2. The van der Waals surface area contributed by atoms with Crippen molar-refractivity contribution in [3.05, 3.63) is 65.7 Å². The molecule has 2 N–H and O–H groups in total. The molecule has 2 aromatic heterocycles. The summed E-state index contributed by atoms with van der Waals surface area (Å²) in [5.74, 6) is -0.451. The maximum Gasteiger partial charge on any atom is 0.292 e. The highest BCUT2D eigenvalue weighted by Crippen LogP contribution is 2.29. The molecule has 0 saturated heterocycles. The third-order valence-electron chi connectivity index (χ3n) is 4.49. The lowest BCUT2D eigenvalue weighted by Crippen LogP contribution is -2.24. The van der Waals surface area contributed by atoms with Gasteiger partial charge < -0.3 is 10.6 Å². The topological polar surface area (TPSA) is 75.5 Å². The Kier molecular flexibility index (Phi) is 5.49. The van der Waals surface area contributed by atoms with Crippen LogP contribution in [0.4, 0.5) is 5.69 Å². The average Bonchev–Trinajstić information content (AvgIpc) is 3.05. The van der Waals surface area contributed by atoms with E-state index in [0.717, 1.165) is 17.7 Å². The lowest BCUT2D eigenvalue weighted by atomic mass is 9.86. The van der Waals surface area contributed by atoms with Crippen LogP contribution in [0.1, 0.15) is 60.8 Å². The van der Waals surface area contributed by atoms with Gasteiger partial charge in [0.15, 0.2) is 5.69 Å². The molecule has 6 nitrogen and oxygen atoms in total. The number of aromatic nitrogens is 2. The van der Waals surface area contributed by atoms with Gasteiger partial charge in [-0.15, -0.1) is 0 Å². The Hall–Kier alpha value is -3.15. The second-order valence-electron chi connectivity index (χ2n) is 7.75. The zero-order valence-electron chi connectivity index (χ0n) is 16.7. The van der Waals surface area contributed by atoms with Gasteiger partial charge in [-0.25, -0.2) is 4.98 Å². The maximum absolute atomic E-state index is 13.0. The molecular formula is C22H26N4O2. The van der Waals surface area contributed by atoms with Crippen molar-refractivity contribution in [1.29, 1.82) is 0 Å². The van der Waals surface area contributed by atoms with Crippen LogP contribution in [0.25, 0.3) is 5.52 Å². The first-order chi connectivity index (χ1) is 13.3. The van der Waals surface area contributed by atoms with E-state index in [2.05, 4.69) is 36.4 Å². The summed E-state index contributed by atoms with van der Waals surface area (Å²) < 4.78 is 1.65. The standard InChI is InChI=1S/C22H26N4O2/c1-5-13-23-20(27)18-17-12-8-9-14-26(17)19(25-18)21(28)24-16-11-7-6-10-15(16)22(2,3)4/h6-12,14H,5,13H2,1-4H3,(H,23,27)(H,24,28). The van der Waals surface area contributed by atoms with Crippen LogP contribution in [0.15, 0.2) is 48.7 Å². The molecule has 0 aliphatic rings. The van der Waals surface area contributed by atoms with Crippen LogP contribution in [0.3, 0.4) is 0 Å². The van der Waals surface area contributed by atoms with E-state index in [1.54, 1.807) is 16.7 Å². The fraction of sp³-hybridized carbons (Fsp3) is 0.318. The molecule has 0 unspecified atom stereocenters. The third kappa shape index (κ3) is 3.91. The molecule has 3 rings (SSSR count). The SMILES string of the molecule is CCCNC(=O)c1nc(C(=O)Nc2ccccc2C(C)(C)C)n2ccccc12. The first kappa shape index (κ1) is 19.6. The highest BCUT2D eigenvalue weighted by molar-refractivity contribution is 6.06. The van der Waals surface area contributed by atoms with E-state index in [1.807, 2.05) is 43.3 Å². The monoisotopic (exact) mass is 378 g/mol. The zero-order valence-corrected chi connectivity index (χ0v) is 16.7. The van der Waals surface area contributed by atoms with E-state index in [1.165, 1.54) is 0 Å². The fourth-order valence-corrected chi connectivity index (χ4v) is 3.11. The van der Waals surface area contributed by atoms with E-state index in [4.69, 9.17) is 0 Å². The minimum atomic E-state index is -0.354. The summed E-state index contributed by atoms with van der Waals surface area (Å²) >= 11 is 0. The number of para-hydroxylation sites is 1. The molecule has 146 valence electrons. The first-order valence-electron chi connectivity index (χ1n) is 9.49. The molecule has 0 spiro atoms. The Labute approximate surface area is 165 Å². The molecular weight excluding hydrogens is 352 g/mol. The van der Waals surface area contributed by atoms with Gasteiger partial charge in [0.05, 0.1) is 5.52 Å². The van der Waals surface area contributed by atoms with Gasteiger partial charge in [-0.1, -0.05) is 52.0 Å². The number of fused-ring (bicyclic) bond motifs is 1. The van der Waals surface area contributed by atoms with Crippen molar-refractivity contribution in [2.45, 2.75) is 39.5 Å². The number of anilines is 1. The second-order valence-corrected chi connectivity index (χ2v) is 7.75. The van der Waals surface area contributed by atoms with Crippen molar-refractivity contribution >= 4 is 23.0 Å². The van der Waals surface area contributed by atoms with Crippen LogP contribution in [-0.4, -0.2) is 27.7 Å². The highest BCUT2D eigenvalue weighted by atomic mass is 16.2. The molecule has 6 heteroatoms. The zero-order chi connectivity index (χ0) is 20.3. The minimum absolute atomic E-state index is 0.121. The number of hydrogen-bond acceptors (Lipinski definition) is 3. The Morgan fingerprint density at radius 1 is 1.04 bits per heavy atom. The van der Waals surface area contributed by atoms with Gasteiger partial charge in [-0.05, 0) is 35.6 Å². The smallest absolute Gasteiger partial charge is 0.292 e. The number of nitrogens with one attached hydrogen (secondary N) is 2. The van der Waals surface area contributed by atoms with Crippen LogP contribution in [0.2, 0.25) is 0 Å². The fourth-order valence-electron chi connectivity index (χ4n) is 3.11. The predicted molar refractivity (Wildman–Crippen MR) is 111 cm³/mol. The molecule has 2 amide bonds. The van der Waals surface area contributed by atoms with Gasteiger partial charge in [0, 0.05) is 18.4 Å². The summed E-state index contributed by atoms with van der Waals surface area (Å²) in [5.41, 5.74) is 2.51. The van der Waals surface area contributed by atoms with Crippen LogP contribution >= 0.6 is 0 Å². The molecule has 1 aromatic carbocycles. The number of benzene rings is 1. The quantitative estimate of drug-likeness (QED) is 0.704. The third-order valence-corrected chi connectivity index (χ3v) is 4.49. The molecule has 2 heterocycles. The van der Waals surface area contributed by atoms with Gasteiger partial charge in [0.2, 0.25) is 5.82 Å². The molecule has 0 saturated carbocycles. The van der Waals surface area contributed by atoms with Gasteiger partial charge >= 0.3 is 0 Å². The largest absolute Gasteiger partial charge is 0.351 e. The van der Waals surface area contributed by atoms with Crippen molar-refractivity contribution in [3.63, 3.8) is 0 Å². The Bertz CT molecular complexity index is 1010. The summed E-state index contributed by atoms with van der Waals surface area (Å²) in [6.07, 6.45) is 2.57. The summed E-state index contributed by atoms with van der Waals surface area (Å²) in [6.45, 7) is 8.83. The van der Waals surface area contributed by atoms with E-state index in [0.29, 0.717) is 12.1 Å². The summed E-state index contributed by atoms with van der Waals surface area (Å²) in [5, 5.41) is 5.79. The van der Waals surface area contributed by atoms with E-state index >= 15 is 0 Å². The molecule has 0 aliphatic carbocycles. The van der Waals surface area contributed by atoms with Gasteiger partial charge in [-0.2, -0.15) is 0 Å². The maximum atomic E-state index is 13.0. The van der Waals surface area contributed by atoms with E-state index < -0.39 is 0 Å². The number of hydrogen-bond donors (Lipinski definition) is 2. The minimum Gasteiger partial charge on any atom is -0.351 e. The number of rotatable bonds is 5. The van der Waals surface area contributed by atoms with Crippen molar-refractivity contribution in [3.8, 4) is 0 Å². The van der Waals surface area contributed by atoms with Crippen molar-refractivity contribution in [1.82, 2.24) is 14.7 Å². The molecule has 0 atom stereocenters. The van der Waals surface area contributed by atoms with Crippen LogP contribution in [0, 0.1) is 0 Å². The van der Waals surface area contributed by atoms with E-state index in [9.17, 15) is 9.59 Å². The predicted octanol–water partition coefficient (Wildman–Crippen LogP) is 4.02. The number of pyridine rings is 1. The Balaban J connectivity index is 1.99. The summed E-state index contributed by atoms with van der Waals surface area (Å²) in [6, 6.07) is 13.1. The number of amides is 2. The number of carbonyl (C=O) groups excluding carboxylic acids is 2. The number of imidazole rings is 1. The van der Waals surface area contributed by atoms with Crippen LogP contribution in [0.5, 0.6) is 0 Å². The van der Waals surface area contributed by atoms with Crippen LogP contribution in [-0.2, 0) is 5.41 Å². The molecule has 0 bridgehead atoms. The average molecular weight is 378 g/mol. The molecule has 0 aliphatic heterocycles. The lowest BCUT2D eigenvalue weighted by molar-refractivity contribution is 0.0951. The van der Waals surface area contributed by atoms with Crippen molar-refractivity contribution in [2.75, 3.05) is 11.9 Å². The molecule has 0 radical (unpaired) electrons. The second kappa shape index (κ2) is 7.84. The Morgan fingerprint density at radius 2 is 1.75 bits per heavy atom. The normalized spacial score (nSPS) is 11.4. The summed E-state index contributed by atoms with van der Waals surface area (Å²) in [7, 11) is 0. The Morgan fingerprint density at radius 3 is 2.46 bits per heavy atom. The number of nitrogens with zero attached hydrogens (tertiary/aromatic N) is 2. The van der Waals surface area contributed by atoms with Gasteiger partial charge in [-0.3, -0.25) is 14.0 Å². The van der Waals surface area contributed by atoms with Gasteiger partial charge in [0.25, 0.3) is 11.8 Å².